The van der Waals surface area contributed by atoms with Gasteiger partial charge in [0.2, 0.25) is 5.43 Å². The lowest BCUT2D eigenvalue weighted by molar-refractivity contribution is -0.0654. The second-order valence-electron chi connectivity index (χ2n) is 6.05. The van der Waals surface area contributed by atoms with Crippen LogP contribution in [0, 0.1) is 6.92 Å². The van der Waals surface area contributed by atoms with Gasteiger partial charge in [-0.3, -0.25) is 9.69 Å². The monoisotopic (exact) mass is 315 g/mol. The van der Waals surface area contributed by atoms with E-state index in [1.54, 1.807) is 0 Å². The fourth-order valence-electron chi connectivity index (χ4n) is 2.89. The van der Waals surface area contributed by atoms with Crippen molar-refractivity contribution >= 4 is 0 Å². The molecule has 0 spiro atoms. The number of hydrogen-bond donors (Lipinski definition) is 1. The van der Waals surface area contributed by atoms with Gasteiger partial charge in [0.05, 0.1) is 19.3 Å². The molecule has 1 aromatic carbocycles. The lowest BCUT2D eigenvalue weighted by atomic mass is 10.0. The maximum Gasteiger partial charge on any atom is 0.226 e. The van der Waals surface area contributed by atoms with E-state index in [1.807, 2.05) is 12.1 Å². The van der Waals surface area contributed by atoms with Gasteiger partial charge in [0.1, 0.15) is 12.0 Å². The van der Waals surface area contributed by atoms with Gasteiger partial charge in [-0.25, -0.2) is 0 Å². The second kappa shape index (κ2) is 6.56. The number of aromatic hydroxyl groups is 1. The van der Waals surface area contributed by atoms with Gasteiger partial charge in [-0.1, -0.05) is 24.3 Å². The summed E-state index contributed by atoms with van der Waals surface area (Å²) in [5.41, 5.74) is 1.99. The highest BCUT2D eigenvalue weighted by Crippen LogP contribution is 2.28. The normalized spacial score (nSPS) is 22.2. The molecule has 3 rings (SSSR count). The van der Waals surface area contributed by atoms with Gasteiger partial charge in [0.25, 0.3) is 0 Å². The van der Waals surface area contributed by atoms with Gasteiger partial charge in [-0.15, -0.1) is 0 Å². The van der Waals surface area contributed by atoms with Crippen molar-refractivity contribution in [1.29, 1.82) is 0 Å². The molecule has 1 aliphatic heterocycles. The molecule has 1 aliphatic rings. The molecular formula is C18H21NO4. The fraction of sp³-hybridized carbons (Fsp3) is 0.389. The van der Waals surface area contributed by atoms with E-state index >= 15 is 0 Å². The van der Waals surface area contributed by atoms with Crippen LogP contribution in [0.4, 0.5) is 0 Å². The summed E-state index contributed by atoms with van der Waals surface area (Å²) in [5.74, 6) is 0.187. The molecule has 0 radical (unpaired) electrons. The lowest BCUT2D eigenvalue weighted by Crippen LogP contribution is -2.44. The molecule has 1 aromatic heterocycles. The van der Waals surface area contributed by atoms with Crippen LogP contribution < -0.4 is 5.43 Å². The molecule has 2 atom stereocenters. The van der Waals surface area contributed by atoms with Gasteiger partial charge in [0.15, 0.2) is 5.75 Å². The van der Waals surface area contributed by atoms with Gasteiger partial charge < -0.3 is 14.3 Å². The predicted molar refractivity (Wildman–Crippen MR) is 86.4 cm³/mol. The SMILES string of the molecule is Cc1ccccc1[C@@H]1CN(Cc2cc(=O)c(O)co2)[C@@H](C)CO1. The quantitative estimate of drug-likeness (QED) is 0.943. The Morgan fingerprint density at radius 3 is 2.87 bits per heavy atom. The largest absolute Gasteiger partial charge is 0.502 e. The first-order valence-corrected chi connectivity index (χ1v) is 7.76. The first-order valence-electron chi connectivity index (χ1n) is 7.76. The lowest BCUT2D eigenvalue weighted by Gasteiger charge is -2.38. The zero-order valence-electron chi connectivity index (χ0n) is 13.4. The van der Waals surface area contributed by atoms with Gasteiger partial charge in [-0.2, -0.15) is 0 Å². The zero-order chi connectivity index (χ0) is 16.4. The van der Waals surface area contributed by atoms with E-state index in [1.165, 1.54) is 17.2 Å². The van der Waals surface area contributed by atoms with Crippen molar-refractivity contribution in [2.75, 3.05) is 13.2 Å². The van der Waals surface area contributed by atoms with Crippen molar-refractivity contribution in [1.82, 2.24) is 4.90 Å². The Labute approximate surface area is 135 Å². The van der Waals surface area contributed by atoms with Crippen LogP contribution in [0.2, 0.25) is 0 Å². The first kappa shape index (κ1) is 15.8. The summed E-state index contributed by atoms with van der Waals surface area (Å²) < 4.78 is 11.3. The van der Waals surface area contributed by atoms with E-state index < -0.39 is 5.43 Å². The Balaban J connectivity index is 1.77. The number of benzene rings is 1. The number of aryl methyl sites for hydroxylation is 1. The third-order valence-corrected chi connectivity index (χ3v) is 4.32. The van der Waals surface area contributed by atoms with E-state index in [0.29, 0.717) is 18.9 Å². The van der Waals surface area contributed by atoms with E-state index in [2.05, 4.69) is 30.9 Å². The summed E-state index contributed by atoms with van der Waals surface area (Å²) in [6.45, 7) is 6.05. The number of ether oxygens (including phenoxy) is 1. The fourth-order valence-corrected chi connectivity index (χ4v) is 2.89. The van der Waals surface area contributed by atoms with Crippen molar-refractivity contribution in [2.24, 2.45) is 0 Å². The van der Waals surface area contributed by atoms with Crippen LogP contribution in [0.15, 0.2) is 45.8 Å². The minimum absolute atomic E-state index is 0.0104. The van der Waals surface area contributed by atoms with Crippen LogP contribution in [0.3, 0.4) is 0 Å². The molecule has 1 N–H and O–H groups in total. The molecule has 122 valence electrons. The van der Waals surface area contributed by atoms with E-state index in [-0.39, 0.29) is 17.9 Å². The molecule has 2 aromatic rings. The predicted octanol–water partition coefficient (Wildman–Crippen LogP) is 2.62. The average molecular weight is 315 g/mol. The summed E-state index contributed by atoms with van der Waals surface area (Å²) >= 11 is 0. The molecular weight excluding hydrogens is 294 g/mol. The minimum atomic E-state index is -0.414. The summed E-state index contributed by atoms with van der Waals surface area (Å²) in [6, 6.07) is 9.80. The highest BCUT2D eigenvalue weighted by atomic mass is 16.5. The summed E-state index contributed by atoms with van der Waals surface area (Å²) in [4.78, 5) is 13.8. The Kier molecular flexibility index (Phi) is 4.50. The van der Waals surface area contributed by atoms with Crippen LogP contribution in [0.5, 0.6) is 5.75 Å². The summed E-state index contributed by atoms with van der Waals surface area (Å²) in [7, 11) is 0. The molecule has 0 bridgehead atoms. The van der Waals surface area contributed by atoms with Crippen molar-refractivity contribution in [2.45, 2.75) is 32.5 Å². The third-order valence-electron chi connectivity index (χ3n) is 4.32. The maximum absolute atomic E-state index is 11.5. The van der Waals surface area contributed by atoms with Crippen molar-refractivity contribution in [3.05, 3.63) is 63.7 Å². The van der Waals surface area contributed by atoms with Crippen molar-refractivity contribution < 1.29 is 14.3 Å². The van der Waals surface area contributed by atoms with Crippen molar-refractivity contribution in [3.8, 4) is 5.75 Å². The third kappa shape index (κ3) is 3.46. The minimum Gasteiger partial charge on any atom is -0.502 e. The molecule has 0 amide bonds. The van der Waals surface area contributed by atoms with Crippen molar-refractivity contribution in [3.63, 3.8) is 0 Å². The molecule has 1 fully saturated rings. The average Bonchev–Trinajstić information content (AvgIpc) is 2.54. The van der Waals surface area contributed by atoms with Crippen LogP contribution in [-0.2, 0) is 11.3 Å². The molecule has 0 unspecified atom stereocenters. The summed E-state index contributed by atoms with van der Waals surface area (Å²) in [6.07, 6.45) is 1.11. The maximum atomic E-state index is 11.5. The Bertz CT molecular complexity index is 740. The van der Waals surface area contributed by atoms with Gasteiger partial charge in [0, 0.05) is 18.7 Å². The molecule has 23 heavy (non-hydrogen) atoms. The number of hydrogen-bond acceptors (Lipinski definition) is 5. The highest BCUT2D eigenvalue weighted by Gasteiger charge is 2.28. The van der Waals surface area contributed by atoms with E-state index in [0.717, 1.165) is 12.8 Å². The number of morpholine rings is 1. The molecule has 5 nitrogen and oxygen atoms in total. The zero-order valence-corrected chi connectivity index (χ0v) is 13.4. The molecule has 2 heterocycles. The van der Waals surface area contributed by atoms with E-state index in [9.17, 15) is 9.90 Å². The topological polar surface area (TPSA) is 62.9 Å². The standard InChI is InChI=1S/C18H21NO4/c1-12-5-3-4-6-15(12)18-9-19(13(2)10-23-18)8-14-7-16(20)17(21)11-22-14/h3-7,11,13,18,21H,8-10H2,1-2H3/t13-,18-/m0/s1. The Hall–Kier alpha value is -2.11. The van der Waals surface area contributed by atoms with Gasteiger partial charge in [-0.05, 0) is 25.0 Å². The summed E-state index contributed by atoms with van der Waals surface area (Å²) in [5, 5.41) is 9.28. The molecule has 5 heteroatoms. The van der Waals surface area contributed by atoms with Crippen LogP contribution in [0.25, 0.3) is 0 Å². The smallest absolute Gasteiger partial charge is 0.226 e. The molecule has 1 saturated heterocycles. The number of rotatable bonds is 3. The number of nitrogens with zero attached hydrogens (tertiary/aromatic N) is 1. The highest BCUT2D eigenvalue weighted by molar-refractivity contribution is 5.28. The molecule has 0 aliphatic carbocycles. The van der Waals surface area contributed by atoms with E-state index in [4.69, 9.17) is 9.15 Å². The van der Waals surface area contributed by atoms with Gasteiger partial charge >= 0.3 is 0 Å². The Morgan fingerprint density at radius 1 is 1.35 bits per heavy atom. The first-order chi connectivity index (χ1) is 11.0. The van der Waals surface area contributed by atoms with Crippen LogP contribution in [0.1, 0.15) is 29.9 Å². The van der Waals surface area contributed by atoms with Crippen LogP contribution >= 0.6 is 0 Å². The van der Waals surface area contributed by atoms with Crippen LogP contribution in [-0.4, -0.2) is 29.2 Å². The second-order valence-corrected chi connectivity index (χ2v) is 6.05. The Morgan fingerprint density at radius 2 is 2.13 bits per heavy atom. The molecule has 0 saturated carbocycles.